The molecule has 3 nitrogen and oxygen atoms in total. The molecule has 0 saturated carbocycles. The summed E-state index contributed by atoms with van der Waals surface area (Å²) in [4.78, 5) is 4.56. The lowest BCUT2D eigenvalue weighted by molar-refractivity contribution is 0.416. The maximum absolute atomic E-state index is 5.57. The molecule has 0 saturated heterocycles. The molecular weight excluding hydrogens is 272 g/mol. The number of ether oxygens (including phenoxy) is 1. The van der Waals surface area contributed by atoms with Crippen LogP contribution in [0.15, 0.2) is 54.7 Å². The molecule has 0 bridgehead atoms. The summed E-state index contributed by atoms with van der Waals surface area (Å²) in [6.07, 6.45) is 1.83. The highest BCUT2D eigenvalue weighted by Gasteiger charge is 2.13. The molecule has 1 aromatic heterocycles. The summed E-state index contributed by atoms with van der Waals surface area (Å²) in [5, 5.41) is 4.41. The summed E-state index contributed by atoms with van der Waals surface area (Å²) in [6.45, 7) is 2.15. The summed E-state index contributed by atoms with van der Waals surface area (Å²) in [5.41, 5.74) is 4.40. The molecule has 0 aliphatic rings. The van der Waals surface area contributed by atoms with Crippen LogP contribution in [0.1, 0.15) is 18.5 Å². The molecule has 3 rings (SSSR count). The van der Waals surface area contributed by atoms with E-state index < -0.39 is 0 Å². The smallest absolute Gasteiger partial charge is 0.126 e. The number of hydrogen-bond donors (Lipinski definition) is 1. The maximum Gasteiger partial charge on any atom is 0.126 e. The summed E-state index contributed by atoms with van der Waals surface area (Å²) >= 11 is 0. The lowest BCUT2D eigenvalue weighted by Crippen LogP contribution is -2.12. The molecule has 3 aromatic rings. The van der Waals surface area contributed by atoms with Crippen molar-refractivity contribution in [3.63, 3.8) is 0 Å². The van der Waals surface area contributed by atoms with Crippen molar-refractivity contribution in [2.45, 2.75) is 13.0 Å². The van der Waals surface area contributed by atoms with Crippen LogP contribution in [0.3, 0.4) is 0 Å². The predicted molar refractivity (Wildman–Crippen MR) is 91.2 cm³/mol. The Morgan fingerprint density at radius 1 is 1.05 bits per heavy atom. The van der Waals surface area contributed by atoms with Gasteiger partial charge in [0.05, 0.1) is 12.6 Å². The van der Waals surface area contributed by atoms with Crippen molar-refractivity contribution in [3.05, 3.63) is 60.3 Å². The van der Waals surface area contributed by atoms with E-state index in [2.05, 4.69) is 53.6 Å². The van der Waals surface area contributed by atoms with E-state index in [0.717, 1.165) is 27.8 Å². The Bertz CT molecular complexity index is 793. The Hall–Kier alpha value is -2.39. The van der Waals surface area contributed by atoms with E-state index in [9.17, 15) is 0 Å². The van der Waals surface area contributed by atoms with Crippen molar-refractivity contribution in [2.75, 3.05) is 14.2 Å². The van der Waals surface area contributed by atoms with Crippen LogP contribution in [0.2, 0.25) is 0 Å². The number of benzene rings is 2. The number of pyridine rings is 1. The molecular formula is C19H20N2O. The van der Waals surface area contributed by atoms with Gasteiger partial charge in [0.1, 0.15) is 5.75 Å². The molecule has 0 amide bonds. The average molecular weight is 292 g/mol. The molecule has 0 aliphatic heterocycles. The number of fused-ring (bicyclic) bond motifs is 1. The summed E-state index contributed by atoms with van der Waals surface area (Å²) in [5.74, 6) is 0.866. The number of hydrogen-bond acceptors (Lipinski definition) is 3. The summed E-state index contributed by atoms with van der Waals surface area (Å²) < 4.78 is 5.57. The highest BCUT2D eigenvalue weighted by Crippen LogP contribution is 2.35. The van der Waals surface area contributed by atoms with E-state index in [0.29, 0.717) is 0 Å². The van der Waals surface area contributed by atoms with E-state index in [4.69, 9.17) is 4.74 Å². The number of nitrogens with zero attached hydrogens (tertiary/aromatic N) is 1. The first-order valence-corrected chi connectivity index (χ1v) is 7.44. The molecule has 112 valence electrons. The van der Waals surface area contributed by atoms with Gasteiger partial charge in [-0.15, -0.1) is 0 Å². The molecule has 0 fully saturated rings. The van der Waals surface area contributed by atoms with Gasteiger partial charge in [0.2, 0.25) is 0 Å². The Labute approximate surface area is 131 Å². The number of rotatable bonds is 4. The van der Waals surface area contributed by atoms with Crippen molar-refractivity contribution in [2.24, 2.45) is 0 Å². The Kier molecular flexibility index (Phi) is 4.07. The van der Waals surface area contributed by atoms with E-state index in [1.54, 1.807) is 7.11 Å². The molecule has 1 heterocycles. The van der Waals surface area contributed by atoms with E-state index in [1.165, 1.54) is 5.56 Å². The van der Waals surface area contributed by atoms with Gasteiger partial charge in [0.25, 0.3) is 0 Å². The number of methoxy groups -OCH3 is 1. The van der Waals surface area contributed by atoms with Crippen LogP contribution in [-0.4, -0.2) is 19.1 Å². The van der Waals surface area contributed by atoms with E-state index in [1.807, 2.05) is 25.4 Å². The average Bonchev–Trinajstić information content (AvgIpc) is 2.60. The van der Waals surface area contributed by atoms with E-state index in [-0.39, 0.29) is 6.04 Å². The topological polar surface area (TPSA) is 34.1 Å². The first kappa shape index (κ1) is 14.5. The quantitative estimate of drug-likeness (QED) is 0.783. The standard InChI is InChI=1S/C19H20N2O/c1-13(20-2)15-9-10-18(22-3)17(12-15)16-8-4-6-14-7-5-11-21-19(14)16/h4-13,20H,1-3H3. The SMILES string of the molecule is CNC(C)c1ccc(OC)c(-c2cccc3cccnc23)c1. The lowest BCUT2D eigenvalue weighted by atomic mass is 9.97. The van der Waals surface area contributed by atoms with Gasteiger partial charge in [0.15, 0.2) is 0 Å². The van der Waals surface area contributed by atoms with Crippen LogP contribution in [0, 0.1) is 0 Å². The minimum absolute atomic E-state index is 0.285. The van der Waals surface area contributed by atoms with Crippen molar-refractivity contribution in [3.8, 4) is 16.9 Å². The molecule has 0 spiro atoms. The number of aromatic nitrogens is 1. The van der Waals surface area contributed by atoms with Crippen molar-refractivity contribution < 1.29 is 4.74 Å². The lowest BCUT2D eigenvalue weighted by Gasteiger charge is -2.16. The van der Waals surface area contributed by atoms with Gasteiger partial charge in [-0.25, -0.2) is 0 Å². The van der Waals surface area contributed by atoms with Gasteiger partial charge in [-0.05, 0) is 37.7 Å². The Morgan fingerprint density at radius 3 is 2.64 bits per heavy atom. The van der Waals surface area contributed by atoms with Crippen LogP contribution in [0.25, 0.3) is 22.0 Å². The fourth-order valence-electron chi connectivity index (χ4n) is 2.69. The van der Waals surface area contributed by atoms with Crippen molar-refractivity contribution in [1.82, 2.24) is 10.3 Å². The molecule has 22 heavy (non-hydrogen) atoms. The number of nitrogens with one attached hydrogen (secondary N) is 1. The molecule has 0 aliphatic carbocycles. The predicted octanol–water partition coefficient (Wildman–Crippen LogP) is 4.19. The largest absolute Gasteiger partial charge is 0.496 e. The minimum atomic E-state index is 0.285. The zero-order valence-corrected chi connectivity index (χ0v) is 13.1. The monoisotopic (exact) mass is 292 g/mol. The normalized spacial score (nSPS) is 12.3. The first-order chi connectivity index (χ1) is 10.7. The molecule has 0 radical (unpaired) electrons. The van der Waals surface area contributed by atoms with Crippen molar-refractivity contribution >= 4 is 10.9 Å². The highest BCUT2D eigenvalue weighted by atomic mass is 16.5. The number of para-hydroxylation sites is 1. The van der Waals surface area contributed by atoms with Crippen LogP contribution in [0.5, 0.6) is 5.75 Å². The second kappa shape index (κ2) is 6.16. The van der Waals surface area contributed by atoms with Crippen LogP contribution in [-0.2, 0) is 0 Å². The van der Waals surface area contributed by atoms with Crippen LogP contribution >= 0.6 is 0 Å². The third-order valence-corrected chi connectivity index (χ3v) is 4.08. The van der Waals surface area contributed by atoms with Gasteiger partial charge in [0, 0.05) is 28.8 Å². The maximum atomic E-state index is 5.57. The van der Waals surface area contributed by atoms with Crippen molar-refractivity contribution in [1.29, 1.82) is 0 Å². The van der Waals surface area contributed by atoms with Gasteiger partial charge < -0.3 is 10.1 Å². The summed E-state index contributed by atoms with van der Waals surface area (Å²) in [7, 11) is 3.67. The van der Waals surface area contributed by atoms with Gasteiger partial charge in [-0.2, -0.15) is 0 Å². The zero-order valence-electron chi connectivity index (χ0n) is 13.1. The molecule has 1 N–H and O–H groups in total. The van der Waals surface area contributed by atoms with E-state index >= 15 is 0 Å². The molecule has 3 heteroatoms. The zero-order chi connectivity index (χ0) is 15.5. The van der Waals surface area contributed by atoms with Gasteiger partial charge >= 0.3 is 0 Å². The second-order valence-corrected chi connectivity index (χ2v) is 5.35. The van der Waals surface area contributed by atoms with Crippen LogP contribution < -0.4 is 10.1 Å². The third kappa shape index (κ3) is 2.55. The fourth-order valence-corrected chi connectivity index (χ4v) is 2.69. The Balaban J connectivity index is 2.24. The Morgan fingerprint density at radius 2 is 1.86 bits per heavy atom. The molecule has 1 unspecified atom stereocenters. The fraction of sp³-hybridized carbons (Fsp3) is 0.211. The summed E-state index contributed by atoms with van der Waals surface area (Å²) in [6, 6.07) is 16.9. The molecule has 2 aromatic carbocycles. The van der Waals surface area contributed by atoms with Gasteiger partial charge in [-0.3, -0.25) is 4.98 Å². The highest BCUT2D eigenvalue weighted by molar-refractivity contribution is 5.95. The van der Waals surface area contributed by atoms with Crippen LogP contribution in [0.4, 0.5) is 0 Å². The first-order valence-electron chi connectivity index (χ1n) is 7.44. The third-order valence-electron chi connectivity index (χ3n) is 4.08. The molecule has 1 atom stereocenters. The minimum Gasteiger partial charge on any atom is -0.496 e. The second-order valence-electron chi connectivity index (χ2n) is 5.35. The van der Waals surface area contributed by atoms with Gasteiger partial charge in [-0.1, -0.05) is 30.3 Å².